The molecule has 2 atom stereocenters. The molecule has 0 aromatic rings. The van der Waals surface area contributed by atoms with Crippen molar-refractivity contribution in [3.63, 3.8) is 0 Å². The number of Topliss-reactive ketones (excluding diaryl/α,β-unsaturated/α-hetero) is 1. The molecule has 3 nitrogen and oxygen atoms in total. The van der Waals surface area contributed by atoms with Gasteiger partial charge in [0.15, 0.2) is 6.29 Å². The lowest BCUT2D eigenvalue weighted by molar-refractivity contribution is -0.155. The first kappa shape index (κ1) is 9.42. The van der Waals surface area contributed by atoms with E-state index in [9.17, 15) is 4.79 Å². The van der Waals surface area contributed by atoms with Gasteiger partial charge in [-0.2, -0.15) is 0 Å². The van der Waals surface area contributed by atoms with Gasteiger partial charge in [-0.3, -0.25) is 4.79 Å². The van der Waals surface area contributed by atoms with Gasteiger partial charge in [0, 0.05) is 7.11 Å². The number of carbonyl (C=O) groups excluding carboxylic acids is 1. The van der Waals surface area contributed by atoms with Crippen molar-refractivity contribution in [2.45, 2.75) is 20.1 Å². The van der Waals surface area contributed by atoms with Crippen molar-refractivity contribution in [1.82, 2.24) is 0 Å². The molecule has 1 fully saturated rings. The molecule has 3 heteroatoms. The molecule has 12 heavy (non-hydrogen) atoms. The lowest BCUT2D eigenvalue weighted by Crippen LogP contribution is -2.36. The van der Waals surface area contributed by atoms with Gasteiger partial charge in [-0.1, -0.05) is 6.58 Å². The fourth-order valence-electron chi connectivity index (χ4n) is 1.38. The van der Waals surface area contributed by atoms with Gasteiger partial charge in [0.05, 0.1) is 12.0 Å². The molecule has 1 rings (SSSR count). The third-order valence-corrected chi connectivity index (χ3v) is 2.56. The average Bonchev–Trinajstić information content (AvgIpc) is 2.30. The van der Waals surface area contributed by atoms with E-state index in [1.54, 1.807) is 6.92 Å². The van der Waals surface area contributed by atoms with Gasteiger partial charge in [-0.25, -0.2) is 0 Å². The highest BCUT2D eigenvalue weighted by molar-refractivity contribution is 5.86. The largest absolute Gasteiger partial charge is 0.354 e. The van der Waals surface area contributed by atoms with E-state index in [0.29, 0.717) is 6.61 Å². The first-order valence-corrected chi connectivity index (χ1v) is 3.87. The quantitative estimate of drug-likeness (QED) is 0.583. The van der Waals surface area contributed by atoms with E-state index in [-0.39, 0.29) is 5.78 Å². The molecule has 0 radical (unpaired) electrons. The molecule has 1 saturated heterocycles. The molecule has 0 amide bonds. The molecule has 0 spiro atoms. The number of ketones is 1. The van der Waals surface area contributed by atoms with Crippen LogP contribution in [0.5, 0.6) is 0 Å². The summed E-state index contributed by atoms with van der Waals surface area (Å²) in [6, 6.07) is 0. The number of ether oxygens (including phenoxy) is 2. The molecule has 0 unspecified atom stereocenters. The Morgan fingerprint density at radius 3 is 2.75 bits per heavy atom. The van der Waals surface area contributed by atoms with Crippen LogP contribution in [0, 0.1) is 5.41 Å². The Morgan fingerprint density at radius 1 is 1.83 bits per heavy atom. The van der Waals surface area contributed by atoms with Gasteiger partial charge in [0.2, 0.25) is 0 Å². The fraction of sp³-hybridized carbons (Fsp3) is 0.667. The number of methoxy groups -OCH3 is 1. The van der Waals surface area contributed by atoms with Crippen LogP contribution in [-0.4, -0.2) is 25.8 Å². The Morgan fingerprint density at radius 2 is 2.42 bits per heavy atom. The first-order chi connectivity index (χ1) is 5.53. The summed E-state index contributed by atoms with van der Waals surface area (Å²) in [7, 11) is 1.53. The van der Waals surface area contributed by atoms with E-state index in [4.69, 9.17) is 9.47 Å². The normalized spacial score (nSPS) is 35.6. The zero-order chi connectivity index (χ0) is 9.35. The van der Waals surface area contributed by atoms with Gasteiger partial charge < -0.3 is 9.47 Å². The zero-order valence-electron chi connectivity index (χ0n) is 7.72. The van der Waals surface area contributed by atoms with Gasteiger partial charge >= 0.3 is 0 Å². The van der Waals surface area contributed by atoms with Crippen molar-refractivity contribution in [2.75, 3.05) is 13.7 Å². The Bertz CT molecular complexity index is 222. The first-order valence-electron chi connectivity index (χ1n) is 3.87. The highest BCUT2D eigenvalue weighted by atomic mass is 16.7. The molecule has 68 valence electrons. The summed E-state index contributed by atoms with van der Waals surface area (Å²) < 4.78 is 10.3. The smallest absolute Gasteiger partial charge is 0.173 e. The second-order valence-electron chi connectivity index (χ2n) is 3.24. The Hall–Kier alpha value is -0.670. The maximum atomic E-state index is 11.3. The molecule has 0 saturated carbocycles. The highest BCUT2D eigenvalue weighted by Gasteiger charge is 2.47. The molecule has 0 aromatic heterocycles. The van der Waals surface area contributed by atoms with Crippen molar-refractivity contribution >= 4 is 5.78 Å². The third kappa shape index (κ3) is 1.09. The number of hydrogen-bond donors (Lipinski definition) is 0. The van der Waals surface area contributed by atoms with Crippen molar-refractivity contribution in [2.24, 2.45) is 5.41 Å². The average molecular weight is 170 g/mol. The summed E-state index contributed by atoms with van der Waals surface area (Å²) in [5.74, 6) is 0.0388. The molecule has 1 heterocycles. The standard InChI is InChI=1S/C9H14O3/c1-6-5-12-8(11-4)9(6,3)7(2)10/h8H,1,5H2,2-4H3/t8-,9+/m0/s1. The molecule has 1 aliphatic rings. The van der Waals surface area contributed by atoms with Gasteiger partial charge in [0.1, 0.15) is 5.78 Å². The minimum Gasteiger partial charge on any atom is -0.354 e. The monoisotopic (exact) mass is 170 g/mol. The van der Waals surface area contributed by atoms with Crippen molar-refractivity contribution < 1.29 is 14.3 Å². The van der Waals surface area contributed by atoms with Crippen LogP contribution in [0.15, 0.2) is 12.2 Å². The minimum absolute atomic E-state index is 0.0388. The van der Waals surface area contributed by atoms with Crippen LogP contribution in [-0.2, 0) is 14.3 Å². The number of hydrogen-bond acceptors (Lipinski definition) is 3. The van der Waals surface area contributed by atoms with Crippen LogP contribution in [0.3, 0.4) is 0 Å². The van der Waals surface area contributed by atoms with E-state index in [1.807, 2.05) is 0 Å². The summed E-state index contributed by atoms with van der Waals surface area (Å²) in [6.45, 7) is 7.55. The molecule has 0 aromatic carbocycles. The maximum Gasteiger partial charge on any atom is 0.173 e. The van der Waals surface area contributed by atoms with Crippen LogP contribution >= 0.6 is 0 Å². The zero-order valence-corrected chi connectivity index (χ0v) is 7.72. The lowest BCUT2D eigenvalue weighted by Gasteiger charge is -2.26. The summed E-state index contributed by atoms with van der Waals surface area (Å²) in [5.41, 5.74) is 0.135. The van der Waals surface area contributed by atoms with Crippen LogP contribution < -0.4 is 0 Å². The van der Waals surface area contributed by atoms with Crippen LogP contribution in [0.2, 0.25) is 0 Å². The molecular formula is C9H14O3. The van der Waals surface area contributed by atoms with Gasteiger partial charge in [-0.05, 0) is 19.4 Å². The lowest BCUT2D eigenvalue weighted by atomic mass is 9.81. The van der Waals surface area contributed by atoms with Crippen LogP contribution in [0.25, 0.3) is 0 Å². The van der Waals surface area contributed by atoms with Gasteiger partial charge in [-0.15, -0.1) is 0 Å². The van der Waals surface area contributed by atoms with Crippen LogP contribution in [0.1, 0.15) is 13.8 Å². The molecular weight excluding hydrogens is 156 g/mol. The van der Waals surface area contributed by atoms with Crippen LogP contribution in [0.4, 0.5) is 0 Å². The Labute approximate surface area is 72.4 Å². The Balaban J connectivity index is 2.96. The fourth-order valence-corrected chi connectivity index (χ4v) is 1.38. The van der Waals surface area contributed by atoms with Crippen molar-refractivity contribution in [1.29, 1.82) is 0 Å². The predicted octanol–water partition coefficient (Wildman–Crippen LogP) is 1.14. The topological polar surface area (TPSA) is 35.5 Å². The summed E-state index contributed by atoms with van der Waals surface area (Å²) in [6.07, 6.45) is -0.470. The van der Waals surface area contributed by atoms with Crippen molar-refractivity contribution in [3.05, 3.63) is 12.2 Å². The van der Waals surface area contributed by atoms with E-state index in [0.717, 1.165) is 5.57 Å². The van der Waals surface area contributed by atoms with Gasteiger partial charge in [0.25, 0.3) is 0 Å². The SMILES string of the molecule is C=C1CO[C@H](OC)[C@@]1(C)C(C)=O. The van der Waals surface area contributed by atoms with E-state index in [1.165, 1.54) is 14.0 Å². The third-order valence-electron chi connectivity index (χ3n) is 2.56. The number of carbonyl (C=O) groups is 1. The van der Waals surface area contributed by atoms with Crippen molar-refractivity contribution in [3.8, 4) is 0 Å². The molecule has 0 bridgehead atoms. The maximum absolute atomic E-state index is 11.3. The predicted molar refractivity (Wildman–Crippen MR) is 44.7 cm³/mol. The number of rotatable bonds is 2. The second-order valence-corrected chi connectivity index (χ2v) is 3.24. The van der Waals surface area contributed by atoms with E-state index in [2.05, 4.69) is 6.58 Å². The highest BCUT2D eigenvalue weighted by Crippen LogP contribution is 2.39. The summed E-state index contributed by atoms with van der Waals surface area (Å²) >= 11 is 0. The molecule has 1 aliphatic heterocycles. The molecule has 0 N–H and O–H groups in total. The molecule has 0 aliphatic carbocycles. The summed E-state index contributed by atoms with van der Waals surface area (Å²) in [4.78, 5) is 11.3. The summed E-state index contributed by atoms with van der Waals surface area (Å²) in [5, 5.41) is 0. The second kappa shape index (κ2) is 2.99. The van der Waals surface area contributed by atoms with E-state index >= 15 is 0 Å². The Kier molecular flexibility index (Phi) is 2.35. The van der Waals surface area contributed by atoms with E-state index < -0.39 is 11.7 Å². The minimum atomic E-state index is -0.658.